The Morgan fingerprint density at radius 2 is 1.86 bits per heavy atom. The number of aromatic nitrogens is 2. The Kier molecular flexibility index (Phi) is 6.49. The van der Waals surface area contributed by atoms with Crippen molar-refractivity contribution < 1.29 is 4.74 Å². The zero-order valence-electron chi connectivity index (χ0n) is 12.8. The van der Waals surface area contributed by atoms with Crippen molar-refractivity contribution in [1.82, 2.24) is 14.9 Å². The topological polar surface area (TPSA) is 88.3 Å². The zero-order valence-corrected chi connectivity index (χ0v) is 12.8. The summed E-state index contributed by atoms with van der Waals surface area (Å²) in [5.74, 6) is 1.42. The molecular weight excluding hydrogens is 268 g/mol. The number of nitrogens with zero attached hydrogens (tertiary/aromatic N) is 3. The van der Waals surface area contributed by atoms with Gasteiger partial charge in [0.05, 0.1) is 13.2 Å². The standard InChI is InChI=1S/C14H26N6O/c1-2-4-16-13-12(15)14(19-11-18-13)17-5-3-6-20-7-9-21-10-8-20/h11H,2-10,15H2,1H3,(H2,16,17,18,19). The van der Waals surface area contributed by atoms with E-state index in [-0.39, 0.29) is 0 Å². The van der Waals surface area contributed by atoms with Crippen LogP contribution in [0.3, 0.4) is 0 Å². The van der Waals surface area contributed by atoms with Crippen LogP contribution in [0.25, 0.3) is 0 Å². The summed E-state index contributed by atoms with van der Waals surface area (Å²) in [6.07, 6.45) is 3.63. The predicted molar refractivity (Wildman–Crippen MR) is 85.6 cm³/mol. The van der Waals surface area contributed by atoms with Crippen LogP contribution in [-0.2, 0) is 4.74 Å². The molecule has 1 saturated heterocycles. The molecule has 0 spiro atoms. The Hall–Kier alpha value is -1.60. The highest BCUT2D eigenvalue weighted by Crippen LogP contribution is 2.22. The second-order valence-corrected chi connectivity index (χ2v) is 5.15. The van der Waals surface area contributed by atoms with E-state index in [0.717, 1.165) is 58.8 Å². The van der Waals surface area contributed by atoms with Crippen LogP contribution in [0.5, 0.6) is 0 Å². The first-order valence-electron chi connectivity index (χ1n) is 7.69. The third-order valence-electron chi connectivity index (χ3n) is 3.47. The van der Waals surface area contributed by atoms with Gasteiger partial charge in [0.25, 0.3) is 0 Å². The Labute approximate surface area is 126 Å². The summed E-state index contributed by atoms with van der Waals surface area (Å²) in [4.78, 5) is 10.8. The fourth-order valence-electron chi connectivity index (χ4n) is 2.25. The molecule has 1 fully saturated rings. The number of rotatable bonds is 8. The lowest BCUT2D eigenvalue weighted by Crippen LogP contribution is -2.37. The number of anilines is 3. The molecule has 0 radical (unpaired) electrons. The fourth-order valence-corrected chi connectivity index (χ4v) is 2.25. The van der Waals surface area contributed by atoms with Gasteiger partial charge in [-0.1, -0.05) is 6.92 Å². The average Bonchev–Trinajstić information content (AvgIpc) is 2.53. The normalized spacial score (nSPS) is 15.9. The van der Waals surface area contributed by atoms with Crippen LogP contribution < -0.4 is 16.4 Å². The van der Waals surface area contributed by atoms with Gasteiger partial charge < -0.3 is 21.1 Å². The molecule has 0 amide bonds. The molecule has 1 aromatic heterocycles. The number of hydrogen-bond acceptors (Lipinski definition) is 7. The monoisotopic (exact) mass is 294 g/mol. The Morgan fingerprint density at radius 3 is 2.52 bits per heavy atom. The maximum absolute atomic E-state index is 6.07. The van der Waals surface area contributed by atoms with E-state index >= 15 is 0 Å². The third-order valence-corrected chi connectivity index (χ3v) is 3.47. The summed E-state index contributed by atoms with van der Waals surface area (Å²) in [7, 11) is 0. The maximum atomic E-state index is 6.07. The van der Waals surface area contributed by atoms with Crippen LogP contribution in [0, 0.1) is 0 Å². The van der Waals surface area contributed by atoms with E-state index in [0.29, 0.717) is 17.3 Å². The number of nitrogens with one attached hydrogen (secondary N) is 2. The molecule has 118 valence electrons. The van der Waals surface area contributed by atoms with Gasteiger partial charge in [-0.2, -0.15) is 0 Å². The zero-order chi connectivity index (χ0) is 14.9. The first-order valence-corrected chi connectivity index (χ1v) is 7.69. The van der Waals surface area contributed by atoms with Crippen LogP contribution >= 0.6 is 0 Å². The van der Waals surface area contributed by atoms with E-state index in [2.05, 4.69) is 32.4 Å². The first-order chi connectivity index (χ1) is 10.3. The summed E-state index contributed by atoms with van der Waals surface area (Å²) in [6.45, 7) is 8.64. The van der Waals surface area contributed by atoms with Crippen LogP contribution in [0.1, 0.15) is 19.8 Å². The molecule has 0 atom stereocenters. The van der Waals surface area contributed by atoms with E-state index in [1.807, 2.05) is 0 Å². The van der Waals surface area contributed by atoms with Crippen molar-refractivity contribution in [3.05, 3.63) is 6.33 Å². The molecule has 7 heteroatoms. The molecule has 21 heavy (non-hydrogen) atoms. The minimum atomic E-state index is 0.595. The lowest BCUT2D eigenvalue weighted by Gasteiger charge is -2.26. The number of morpholine rings is 1. The van der Waals surface area contributed by atoms with Gasteiger partial charge in [-0.05, 0) is 19.4 Å². The molecule has 4 N–H and O–H groups in total. The van der Waals surface area contributed by atoms with Crippen LogP contribution in [0.4, 0.5) is 17.3 Å². The highest BCUT2D eigenvalue weighted by atomic mass is 16.5. The van der Waals surface area contributed by atoms with Crippen molar-refractivity contribution in [3.8, 4) is 0 Å². The smallest absolute Gasteiger partial charge is 0.154 e. The van der Waals surface area contributed by atoms with Gasteiger partial charge >= 0.3 is 0 Å². The molecule has 2 rings (SSSR count). The van der Waals surface area contributed by atoms with Gasteiger partial charge in [0.2, 0.25) is 0 Å². The Bertz CT molecular complexity index is 422. The Balaban J connectivity index is 1.74. The molecule has 0 unspecified atom stereocenters. The number of nitrogens with two attached hydrogens (primary N) is 1. The summed E-state index contributed by atoms with van der Waals surface area (Å²) >= 11 is 0. The molecule has 7 nitrogen and oxygen atoms in total. The van der Waals surface area contributed by atoms with Crippen molar-refractivity contribution in [2.75, 3.05) is 62.3 Å². The lowest BCUT2D eigenvalue weighted by atomic mass is 10.3. The molecule has 0 saturated carbocycles. The molecule has 0 aliphatic carbocycles. The predicted octanol–water partition coefficient (Wildman–Crippen LogP) is 1.01. The Morgan fingerprint density at radius 1 is 1.19 bits per heavy atom. The van der Waals surface area contributed by atoms with Crippen molar-refractivity contribution in [2.24, 2.45) is 0 Å². The summed E-state index contributed by atoms with van der Waals surface area (Å²) in [5.41, 5.74) is 6.67. The van der Waals surface area contributed by atoms with Gasteiger partial charge in [0.15, 0.2) is 11.6 Å². The lowest BCUT2D eigenvalue weighted by molar-refractivity contribution is 0.0378. The molecule has 1 aromatic rings. The van der Waals surface area contributed by atoms with Gasteiger partial charge in [-0.25, -0.2) is 9.97 Å². The molecule has 1 aliphatic rings. The van der Waals surface area contributed by atoms with E-state index in [1.165, 1.54) is 0 Å². The van der Waals surface area contributed by atoms with Gasteiger partial charge in [-0.3, -0.25) is 4.90 Å². The first kappa shape index (κ1) is 15.8. The number of nitrogen functional groups attached to an aromatic ring is 1. The quantitative estimate of drug-likeness (QED) is 0.617. The third kappa shape index (κ3) is 5.02. The summed E-state index contributed by atoms with van der Waals surface area (Å²) < 4.78 is 5.34. The highest BCUT2D eigenvalue weighted by molar-refractivity contribution is 5.73. The van der Waals surface area contributed by atoms with Crippen LogP contribution in [-0.4, -0.2) is 60.8 Å². The van der Waals surface area contributed by atoms with Crippen molar-refractivity contribution in [1.29, 1.82) is 0 Å². The molecular formula is C14H26N6O. The summed E-state index contributed by atoms with van der Waals surface area (Å²) in [6, 6.07) is 0. The van der Waals surface area contributed by atoms with E-state index in [9.17, 15) is 0 Å². The van der Waals surface area contributed by atoms with Gasteiger partial charge in [-0.15, -0.1) is 0 Å². The summed E-state index contributed by atoms with van der Waals surface area (Å²) in [5, 5.41) is 6.50. The molecule has 0 aromatic carbocycles. The van der Waals surface area contributed by atoms with E-state index < -0.39 is 0 Å². The number of ether oxygens (including phenoxy) is 1. The largest absolute Gasteiger partial charge is 0.393 e. The average molecular weight is 294 g/mol. The number of hydrogen-bond donors (Lipinski definition) is 3. The molecule has 0 bridgehead atoms. The van der Waals surface area contributed by atoms with Crippen molar-refractivity contribution >= 4 is 17.3 Å². The fraction of sp³-hybridized carbons (Fsp3) is 0.714. The molecule has 1 aliphatic heterocycles. The SMILES string of the molecule is CCCNc1ncnc(NCCCN2CCOCC2)c1N. The van der Waals surface area contributed by atoms with Crippen LogP contribution in [0.2, 0.25) is 0 Å². The minimum absolute atomic E-state index is 0.595. The minimum Gasteiger partial charge on any atom is -0.393 e. The highest BCUT2D eigenvalue weighted by Gasteiger charge is 2.10. The van der Waals surface area contributed by atoms with Gasteiger partial charge in [0, 0.05) is 26.2 Å². The second kappa shape index (κ2) is 8.63. The van der Waals surface area contributed by atoms with Crippen molar-refractivity contribution in [2.45, 2.75) is 19.8 Å². The maximum Gasteiger partial charge on any atom is 0.154 e. The van der Waals surface area contributed by atoms with Crippen LogP contribution in [0.15, 0.2) is 6.33 Å². The van der Waals surface area contributed by atoms with Crippen molar-refractivity contribution in [3.63, 3.8) is 0 Å². The molecule has 2 heterocycles. The van der Waals surface area contributed by atoms with E-state index in [1.54, 1.807) is 6.33 Å². The second-order valence-electron chi connectivity index (χ2n) is 5.15. The van der Waals surface area contributed by atoms with Gasteiger partial charge in [0.1, 0.15) is 12.0 Å². The van der Waals surface area contributed by atoms with E-state index in [4.69, 9.17) is 10.5 Å².